The van der Waals surface area contributed by atoms with Gasteiger partial charge < -0.3 is 4.98 Å². The van der Waals surface area contributed by atoms with Crippen molar-refractivity contribution in [3.8, 4) is 0 Å². The van der Waals surface area contributed by atoms with Crippen molar-refractivity contribution in [1.82, 2.24) is 9.71 Å². The molecule has 3 fully saturated rings. The lowest BCUT2D eigenvalue weighted by molar-refractivity contribution is 0.456. The zero-order valence-electron chi connectivity index (χ0n) is 10.7. The summed E-state index contributed by atoms with van der Waals surface area (Å²) < 4.78 is 27.4. The van der Waals surface area contributed by atoms with Crippen LogP contribution in [0.2, 0.25) is 5.02 Å². The first-order valence-corrected chi connectivity index (χ1v) is 8.74. The van der Waals surface area contributed by atoms with E-state index in [0.717, 1.165) is 0 Å². The van der Waals surface area contributed by atoms with E-state index in [4.69, 9.17) is 11.6 Å². The predicted octanol–water partition coefficient (Wildman–Crippen LogP) is 1.35. The Kier molecular flexibility index (Phi) is 2.63. The summed E-state index contributed by atoms with van der Waals surface area (Å²) >= 11 is 5.69. The molecule has 0 aromatic carbocycles. The molecule has 1 aromatic heterocycles. The summed E-state index contributed by atoms with van der Waals surface area (Å²) in [5.74, 6) is 2.47. The van der Waals surface area contributed by atoms with Gasteiger partial charge in [-0.05, 0) is 49.0 Å². The molecule has 108 valence electrons. The average Bonchev–Trinajstić information content (AvgIpc) is 2.81. The van der Waals surface area contributed by atoms with Crippen LogP contribution >= 0.6 is 11.6 Å². The van der Waals surface area contributed by atoms with E-state index in [1.807, 2.05) is 0 Å². The first kappa shape index (κ1) is 12.9. The van der Waals surface area contributed by atoms with E-state index in [2.05, 4.69) is 9.71 Å². The molecule has 0 amide bonds. The lowest BCUT2D eigenvalue weighted by atomic mass is 10.0. The fourth-order valence-corrected chi connectivity index (χ4v) is 5.86. The van der Waals surface area contributed by atoms with Gasteiger partial charge in [-0.15, -0.1) is 0 Å². The van der Waals surface area contributed by atoms with Gasteiger partial charge in [-0.3, -0.25) is 4.79 Å². The molecule has 3 aliphatic carbocycles. The third kappa shape index (κ3) is 1.78. The lowest BCUT2D eigenvalue weighted by Gasteiger charge is -2.11. The fraction of sp³-hybridized carbons (Fsp3) is 0.615. The van der Waals surface area contributed by atoms with Gasteiger partial charge >= 0.3 is 0 Å². The van der Waals surface area contributed by atoms with Crippen LogP contribution in [-0.4, -0.2) is 19.4 Å². The van der Waals surface area contributed by atoms with E-state index in [-0.39, 0.29) is 16.0 Å². The number of H-pyrrole nitrogens is 1. The molecule has 2 N–H and O–H groups in total. The summed E-state index contributed by atoms with van der Waals surface area (Å²) in [5, 5.41) is -0.107. The monoisotopic (exact) mass is 314 g/mol. The van der Waals surface area contributed by atoms with Crippen molar-refractivity contribution in [3.05, 3.63) is 27.6 Å². The maximum atomic E-state index is 12.3. The molecule has 0 saturated heterocycles. The Hall–Kier alpha value is -0.850. The number of fused-ring (bicyclic) bond motifs is 5. The largest absolute Gasteiger partial charge is 0.326 e. The highest BCUT2D eigenvalue weighted by Gasteiger charge is 2.65. The number of hydrogen-bond donors (Lipinski definition) is 2. The first-order chi connectivity index (χ1) is 9.47. The second-order valence-corrected chi connectivity index (χ2v) is 8.27. The van der Waals surface area contributed by atoms with E-state index in [0.29, 0.717) is 23.7 Å². The van der Waals surface area contributed by atoms with Crippen LogP contribution in [0.25, 0.3) is 0 Å². The number of halogens is 1. The summed E-state index contributed by atoms with van der Waals surface area (Å²) in [6.45, 7) is 0. The molecule has 7 heteroatoms. The van der Waals surface area contributed by atoms with Gasteiger partial charge in [-0.2, -0.15) is 0 Å². The normalized spacial score (nSPS) is 38.0. The SMILES string of the molecule is O=c1[nH]cc(S(=O)(=O)NC2C3C4CCC(C4)C23)cc1Cl. The molecular formula is C13H15ClN2O3S. The van der Waals surface area contributed by atoms with Gasteiger partial charge in [-0.1, -0.05) is 11.6 Å². The van der Waals surface area contributed by atoms with E-state index < -0.39 is 15.6 Å². The molecule has 5 nitrogen and oxygen atoms in total. The molecule has 1 heterocycles. The highest BCUT2D eigenvalue weighted by Crippen LogP contribution is 2.65. The lowest BCUT2D eigenvalue weighted by Crippen LogP contribution is -2.30. The fourth-order valence-electron chi connectivity index (χ4n) is 4.32. The summed E-state index contributed by atoms with van der Waals surface area (Å²) in [7, 11) is -3.60. The van der Waals surface area contributed by atoms with Crippen molar-refractivity contribution in [2.45, 2.75) is 30.2 Å². The van der Waals surface area contributed by atoms with Crippen molar-refractivity contribution in [2.75, 3.05) is 0 Å². The van der Waals surface area contributed by atoms with Crippen LogP contribution in [0, 0.1) is 23.7 Å². The predicted molar refractivity (Wildman–Crippen MR) is 74.0 cm³/mol. The van der Waals surface area contributed by atoms with E-state index >= 15 is 0 Å². The van der Waals surface area contributed by atoms with Gasteiger partial charge in [0.2, 0.25) is 10.0 Å². The number of nitrogens with one attached hydrogen (secondary N) is 2. The molecule has 0 radical (unpaired) electrons. The van der Waals surface area contributed by atoms with Gasteiger partial charge in [0.25, 0.3) is 5.56 Å². The molecule has 4 unspecified atom stereocenters. The first-order valence-electron chi connectivity index (χ1n) is 6.88. The van der Waals surface area contributed by atoms with Gasteiger partial charge in [0.1, 0.15) is 5.02 Å². The molecule has 2 bridgehead atoms. The van der Waals surface area contributed by atoms with Crippen molar-refractivity contribution >= 4 is 21.6 Å². The minimum Gasteiger partial charge on any atom is -0.326 e. The highest BCUT2D eigenvalue weighted by molar-refractivity contribution is 7.89. The Labute approximate surface area is 121 Å². The van der Waals surface area contributed by atoms with Crippen LogP contribution in [0.4, 0.5) is 0 Å². The molecule has 4 atom stereocenters. The number of hydrogen-bond acceptors (Lipinski definition) is 3. The van der Waals surface area contributed by atoms with Gasteiger partial charge in [0.05, 0.1) is 4.90 Å². The Balaban J connectivity index is 1.56. The summed E-state index contributed by atoms with van der Waals surface area (Å²) in [4.78, 5) is 13.6. The summed E-state index contributed by atoms with van der Waals surface area (Å²) in [6, 6.07) is 1.28. The van der Waals surface area contributed by atoms with Crippen molar-refractivity contribution in [3.63, 3.8) is 0 Å². The molecule has 0 aliphatic heterocycles. The summed E-state index contributed by atoms with van der Waals surface area (Å²) in [5.41, 5.74) is -0.480. The minimum atomic E-state index is -3.60. The second kappa shape index (κ2) is 4.08. The van der Waals surface area contributed by atoms with Crippen molar-refractivity contribution in [2.24, 2.45) is 23.7 Å². The van der Waals surface area contributed by atoms with Gasteiger partial charge in [0, 0.05) is 12.2 Å². The molecule has 20 heavy (non-hydrogen) atoms. The van der Waals surface area contributed by atoms with E-state index in [9.17, 15) is 13.2 Å². The molecular weight excluding hydrogens is 300 g/mol. The van der Waals surface area contributed by atoms with E-state index in [1.165, 1.54) is 31.5 Å². The Morgan fingerprint density at radius 1 is 1.25 bits per heavy atom. The Morgan fingerprint density at radius 3 is 2.50 bits per heavy atom. The molecule has 3 aliphatic rings. The molecule has 1 aromatic rings. The van der Waals surface area contributed by atoms with E-state index in [1.54, 1.807) is 0 Å². The van der Waals surface area contributed by atoms with Crippen molar-refractivity contribution in [1.29, 1.82) is 0 Å². The van der Waals surface area contributed by atoms with Crippen LogP contribution in [-0.2, 0) is 10.0 Å². The molecule has 0 spiro atoms. The maximum Gasteiger partial charge on any atom is 0.266 e. The smallest absolute Gasteiger partial charge is 0.266 e. The third-order valence-electron chi connectivity index (χ3n) is 5.17. The number of aromatic nitrogens is 1. The molecule has 3 saturated carbocycles. The zero-order valence-corrected chi connectivity index (χ0v) is 12.2. The number of sulfonamides is 1. The quantitative estimate of drug-likeness (QED) is 0.884. The standard InChI is InChI=1S/C13H15ClN2O3S/c14-9-4-8(5-15-13(9)17)20(18,19)16-12-10-6-1-2-7(3-6)11(10)12/h4-7,10-12,16H,1-3H2,(H,15,17). The van der Waals surface area contributed by atoms with Crippen LogP contribution in [0.1, 0.15) is 19.3 Å². The minimum absolute atomic E-state index is 0.0272. The van der Waals surface area contributed by atoms with Crippen LogP contribution in [0.5, 0.6) is 0 Å². The van der Waals surface area contributed by atoms with Crippen LogP contribution in [0.15, 0.2) is 22.0 Å². The zero-order chi connectivity index (χ0) is 14.1. The van der Waals surface area contributed by atoms with Crippen LogP contribution < -0.4 is 10.3 Å². The topological polar surface area (TPSA) is 79.0 Å². The maximum absolute atomic E-state index is 12.3. The second-order valence-electron chi connectivity index (χ2n) is 6.15. The van der Waals surface area contributed by atoms with Crippen LogP contribution in [0.3, 0.4) is 0 Å². The average molecular weight is 315 g/mol. The highest BCUT2D eigenvalue weighted by atomic mass is 35.5. The van der Waals surface area contributed by atoms with Gasteiger partial charge in [0.15, 0.2) is 0 Å². The van der Waals surface area contributed by atoms with Gasteiger partial charge in [-0.25, -0.2) is 13.1 Å². The van der Waals surface area contributed by atoms with Crippen molar-refractivity contribution < 1.29 is 8.42 Å². The molecule has 4 rings (SSSR count). The Morgan fingerprint density at radius 2 is 1.90 bits per heavy atom. The Bertz CT molecular complexity index is 713. The summed E-state index contributed by atoms with van der Waals surface area (Å²) in [6.07, 6.45) is 4.96. The number of pyridine rings is 1. The number of rotatable bonds is 3. The number of aromatic amines is 1. The third-order valence-corrected chi connectivity index (χ3v) is 6.89.